The number of pyridine rings is 1. The molecule has 7 heteroatoms. The van der Waals surface area contributed by atoms with E-state index in [0.29, 0.717) is 34.3 Å². The molecule has 0 aliphatic heterocycles. The minimum absolute atomic E-state index is 0.245. The van der Waals surface area contributed by atoms with Crippen molar-refractivity contribution >= 4 is 39.1 Å². The number of thiophene rings is 1. The number of carbonyl (C=O) groups excluding carboxylic acids is 2. The SMILES string of the molecule is CCOc1ccc(-c2cc(C(=O)Nc3sc4c(c3C(=O)OC(C)C)CCC(C)C4)c3ccccc3n2)cc1. The van der Waals surface area contributed by atoms with Crippen molar-refractivity contribution < 1.29 is 19.1 Å². The molecule has 1 amide bonds. The molecule has 4 aromatic rings. The van der Waals surface area contributed by atoms with Crippen molar-refractivity contribution in [3.63, 3.8) is 0 Å². The number of fused-ring (bicyclic) bond motifs is 2. The van der Waals surface area contributed by atoms with Gasteiger partial charge in [-0.1, -0.05) is 25.1 Å². The van der Waals surface area contributed by atoms with E-state index in [1.807, 2.05) is 75.4 Å². The number of para-hydroxylation sites is 1. The lowest BCUT2D eigenvalue weighted by Gasteiger charge is -2.19. The monoisotopic (exact) mass is 528 g/mol. The topological polar surface area (TPSA) is 77.5 Å². The van der Waals surface area contributed by atoms with Gasteiger partial charge in [0, 0.05) is 15.8 Å². The lowest BCUT2D eigenvalue weighted by atomic mass is 9.88. The number of rotatable bonds is 7. The summed E-state index contributed by atoms with van der Waals surface area (Å²) in [4.78, 5) is 32.9. The summed E-state index contributed by atoms with van der Waals surface area (Å²) in [5, 5.41) is 4.39. The van der Waals surface area contributed by atoms with Crippen LogP contribution in [0.4, 0.5) is 5.00 Å². The Morgan fingerprint density at radius 1 is 1.13 bits per heavy atom. The van der Waals surface area contributed by atoms with Gasteiger partial charge in [-0.15, -0.1) is 11.3 Å². The third kappa shape index (κ3) is 5.29. The first kappa shape index (κ1) is 25.9. The molecule has 1 aliphatic rings. The van der Waals surface area contributed by atoms with Crippen molar-refractivity contribution in [3.8, 4) is 17.0 Å². The molecule has 0 fully saturated rings. The van der Waals surface area contributed by atoms with E-state index in [4.69, 9.17) is 14.5 Å². The van der Waals surface area contributed by atoms with Crippen LogP contribution in [0.2, 0.25) is 0 Å². The minimum Gasteiger partial charge on any atom is -0.494 e. The summed E-state index contributed by atoms with van der Waals surface area (Å²) in [7, 11) is 0. The molecule has 1 unspecified atom stereocenters. The Balaban J connectivity index is 1.54. The number of carbonyl (C=O) groups is 2. The zero-order valence-electron chi connectivity index (χ0n) is 22.2. The number of ether oxygens (including phenoxy) is 2. The van der Waals surface area contributed by atoms with E-state index in [0.717, 1.165) is 51.9 Å². The second-order valence-electron chi connectivity index (χ2n) is 9.99. The number of nitrogens with one attached hydrogen (secondary N) is 1. The molecular formula is C31H32N2O4S. The molecule has 0 saturated carbocycles. The maximum atomic E-state index is 13.8. The normalized spacial score (nSPS) is 14.8. The van der Waals surface area contributed by atoms with Crippen molar-refractivity contribution in [1.82, 2.24) is 4.98 Å². The molecule has 2 heterocycles. The van der Waals surface area contributed by atoms with Crippen LogP contribution in [-0.4, -0.2) is 29.6 Å². The largest absolute Gasteiger partial charge is 0.494 e. The van der Waals surface area contributed by atoms with Gasteiger partial charge >= 0.3 is 5.97 Å². The highest BCUT2D eigenvalue weighted by Gasteiger charge is 2.30. The average Bonchev–Trinajstić information content (AvgIpc) is 3.25. The molecule has 1 atom stereocenters. The van der Waals surface area contributed by atoms with Crippen molar-refractivity contribution in [3.05, 3.63) is 76.2 Å². The number of hydrogen-bond donors (Lipinski definition) is 1. The minimum atomic E-state index is -0.378. The van der Waals surface area contributed by atoms with Crippen molar-refractivity contribution in [2.24, 2.45) is 5.92 Å². The molecule has 2 aromatic heterocycles. The second kappa shape index (κ2) is 11.0. The van der Waals surface area contributed by atoms with Crippen molar-refractivity contribution in [2.75, 3.05) is 11.9 Å². The molecule has 2 aromatic carbocycles. The first-order valence-corrected chi connectivity index (χ1v) is 14.0. The van der Waals surface area contributed by atoms with Gasteiger partial charge in [-0.25, -0.2) is 9.78 Å². The maximum Gasteiger partial charge on any atom is 0.341 e. The summed E-state index contributed by atoms with van der Waals surface area (Å²) in [5.41, 5.74) is 4.32. The Kier molecular flexibility index (Phi) is 7.47. The van der Waals surface area contributed by atoms with Crippen LogP contribution < -0.4 is 10.1 Å². The zero-order chi connectivity index (χ0) is 26.8. The van der Waals surface area contributed by atoms with Crippen LogP contribution in [0.25, 0.3) is 22.2 Å². The van der Waals surface area contributed by atoms with Crippen LogP contribution in [0, 0.1) is 5.92 Å². The quantitative estimate of drug-likeness (QED) is 0.255. The Morgan fingerprint density at radius 2 is 1.89 bits per heavy atom. The van der Waals surface area contributed by atoms with Crippen LogP contribution in [0.3, 0.4) is 0 Å². The molecule has 0 saturated heterocycles. The molecule has 0 radical (unpaired) electrons. The van der Waals surface area contributed by atoms with E-state index in [9.17, 15) is 9.59 Å². The summed E-state index contributed by atoms with van der Waals surface area (Å²) >= 11 is 1.49. The number of esters is 1. The molecule has 1 aliphatic carbocycles. The highest BCUT2D eigenvalue weighted by Crippen LogP contribution is 2.40. The number of hydrogen-bond acceptors (Lipinski definition) is 6. The number of nitrogens with zero attached hydrogens (tertiary/aromatic N) is 1. The number of amides is 1. The summed E-state index contributed by atoms with van der Waals surface area (Å²) < 4.78 is 11.2. The van der Waals surface area contributed by atoms with Crippen molar-refractivity contribution in [1.29, 1.82) is 0 Å². The molecule has 6 nitrogen and oxygen atoms in total. The fourth-order valence-corrected chi connectivity index (χ4v) is 6.29. The van der Waals surface area contributed by atoms with Crippen LogP contribution in [0.1, 0.15) is 65.3 Å². The zero-order valence-corrected chi connectivity index (χ0v) is 23.0. The predicted molar refractivity (Wildman–Crippen MR) is 152 cm³/mol. The Bertz CT molecular complexity index is 1490. The Labute approximate surface area is 227 Å². The van der Waals surface area contributed by atoms with E-state index in [-0.39, 0.29) is 18.0 Å². The van der Waals surface area contributed by atoms with Crippen LogP contribution in [0.5, 0.6) is 5.75 Å². The smallest absolute Gasteiger partial charge is 0.341 e. The standard InChI is InChI=1S/C31H32N2O4S/c1-5-36-21-13-11-20(12-14-21)26-17-24(22-8-6-7-9-25(22)32-26)29(34)33-30-28(31(35)37-18(2)3)23-15-10-19(4)16-27(23)38-30/h6-9,11-14,17-19H,5,10,15-16H2,1-4H3,(H,33,34). The highest BCUT2D eigenvalue weighted by molar-refractivity contribution is 7.17. The van der Waals surface area contributed by atoms with Gasteiger partial charge in [-0.05, 0) is 87.9 Å². The summed E-state index contributed by atoms with van der Waals surface area (Å²) in [6.07, 6.45) is 2.48. The lowest BCUT2D eigenvalue weighted by molar-refractivity contribution is 0.0378. The van der Waals surface area contributed by atoms with Gasteiger partial charge in [0.1, 0.15) is 10.8 Å². The van der Waals surface area contributed by atoms with Gasteiger partial charge in [0.05, 0.1) is 35.0 Å². The van der Waals surface area contributed by atoms with Gasteiger partial charge in [0.2, 0.25) is 0 Å². The fraction of sp³-hybridized carbons (Fsp3) is 0.323. The molecule has 196 valence electrons. The average molecular weight is 529 g/mol. The molecule has 0 spiro atoms. The maximum absolute atomic E-state index is 13.8. The summed E-state index contributed by atoms with van der Waals surface area (Å²) in [5.74, 6) is 0.671. The summed E-state index contributed by atoms with van der Waals surface area (Å²) in [6.45, 7) is 8.43. The first-order chi connectivity index (χ1) is 18.3. The number of aromatic nitrogens is 1. The van der Waals surface area contributed by atoms with Crippen molar-refractivity contribution in [2.45, 2.75) is 53.1 Å². The Morgan fingerprint density at radius 3 is 2.63 bits per heavy atom. The van der Waals surface area contributed by atoms with Gasteiger partial charge in [-0.2, -0.15) is 0 Å². The lowest BCUT2D eigenvalue weighted by Crippen LogP contribution is -2.19. The van der Waals surface area contributed by atoms with E-state index in [1.54, 1.807) is 0 Å². The first-order valence-electron chi connectivity index (χ1n) is 13.1. The Hall–Kier alpha value is -3.71. The van der Waals surface area contributed by atoms with Gasteiger partial charge in [0.25, 0.3) is 5.91 Å². The van der Waals surface area contributed by atoms with Gasteiger partial charge in [-0.3, -0.25) is 4.79 Å². The molecule has 5 rings (SSSR count). The second-order valence-corrected chi connectivity index (χ2v) is 11.1. The van der Waals surface area contributed by atoms with Gasteiger partial charge in [0.15, 0.2) is 0 Å². The molecule has 1 N–H and O–H groups in total. The van der Waals surface area contributed by atoms with Crippen LogP contribution in [-0.2, 0) is 17.6 Å². The van der Waals surface area contributed by atoms with E-state index < -0.39 is 0 Å². The molecule has 0 bridgehead atoms. The number of anilines is 1. The van der Waals surface area contributed by atoms with Gasteiger partial charge < -0.3 is 14.8 Å². The fourth-order valence-electron chi connectivity index (χ4n) is 4.90. The summed E-state index contributed by atoms with van der Waals surface area (Å²) in [6, 6.07) is 17.1. The van der Waals surface area contributed by atoms with E-state index in [2.05, 4.69) is 12.2 Å². The number of benzene rings is 2. The van der Waals surface area contributed by atoms with Crippen LogP contribution in [0.15, 0.2) is 54.6 Å². The molecular weight excluding hydrogens is 496 g/mol. The highest BCUT2D eigenvalue weighted by atomic mass is 32.1. The van der Waals surface area contributed by atoms with Crippen LogP contribution >= 0.6 is 11.3 Å². The predicted octanol–water partition coefficient (Wildman–Crippen LogP) is 7.30. The third-order valence-corrected chi connectivity index (χ3v) is 7.88. The van der Waals surface area contributed by atoms with E-state index in [1.165, 1.54) is 11.3 Å². The molecule has 38 heavy (non-hydrogen) atoms. The third-order valence-electron chi connectivity index (χ3n) is 6.71. The van der Waals surface area contributed by atoms with E-state index >= 15 is 0 Å².